The van der Waals surface area contributed by atoms with Crippen LogP contribution in [0.15, 0.2) is 6.07 Å². The fourth-order valence-electron chi connectivity index (χ4n) is 2.06. The van der Waals surface area contributed by atoms with E-state index in [4.69, 9.17) is 14.2 Å². The molecule has 0 saturated heterocycles. The van der Waals surface area contributed by atoms with E-state index >= 15 is 0 Å². The van der Waals surface area contributed by atoms with Gasteiger partial charge in [-0.2, -0.15) is 0 Å². The maximum atomic E-state index is 14.0. The molecule has 1 heterocycles. The van der Waals surface area contributed by atoms with E-state index in [9.17, 15) is 4.39 Å². The Labute approximate surface area is 108 Å². The minimum atomic E-state index is -0.271. The number of methoxy groups -OCH3 is 2. The minimum Gasteiger partial charge on any atom is -0.493 e. The molecule has 1 aromatic rings. The van der Waals surface area contributed by atoms with Crippen molar-refractivity contribution in [2.75, 3.05) is 27.4 Å². The van der Waals surface area contributed by atoms with E-state index in [1.165, 1.54) is 13.2 Å². The number of ether oxygens (including phenoxy) is 3. The summed E-state index contributed by atoms with van der Waals surface area (Å²) in [7, 11) is 3.06. The Morgan fingerprint density at radius 3 is 2.82 bits per heavy atom. The molecule has 0 bridgehead atoms. The fraction of sp³-hybridized carbons (Fsp3) is 0.500. The third kappa shape index (κ3) is 2.26. The van der Waals surface area contributed by atoms with Crippen LogP contribution in [0.25, 0.3) is 0 Å². The van der Waals surface area contributed by atoms with Crippen LogP contribution in [0.5, 0.6) is 11.5 Å². The zero-order valence-corrected chi connectivity index (χ0v) is 11.3. The van der Waals surface area contributed by atoms with Crippen molar-refractivity contribution < 1.29 is 18.6 Å². The lowest BCUT2D eigenvalue weighted by Gasteiger charge is -2.18. The molecule has 0 aromatic heterocycles. The molecule has 0 aliphatic carbocycles. The number of hydrogen-bond donors (Lipinski definition) is 0. The van der Waals surface area contributed by atoms with Crippen molar-refractivity contribution >= 4 is 15.9 Å². The molecule has 0 N–H and O–H groups in total. The summed E-state index contributed by atoms with van der Waals surface area (Å²) >= 11 is 3.50. The summed E-state index contributed by atoms with van der Waals surface area (Å²) in [5.41, 5.74) is 1.43. The van der Waals surface area contributed by atoms with Gasteiger partial charge in [0.2, 0.25) is 0 Å². The van der Waals surface area contributed by atoms with E-state index < -0.39 is 0 Å². The fourth-order valence-corrected chi connectivity index (χ4v) is 2.73. The third-order valence-electron chi connectivity index (χ3n) is 2.84. The van der Waals surface area contributed by atoms with E-state index in [1.807, 2.05) is 0 Å². The van der Waals surface area contributed by atoms with Crippen LogP contribution in [-0.2, 0) is 11.2 Å². The molecule has 0 radical (unpaired) electrons. The normalized spacial score (nSPS) is 19.4. The molecular weight excluding hydrogens is 291 g/mol. The van der Waals surface area contributed by atoms with E-state index in [0.717, 1.165) is 5.56 Å². The Kier molecular flexibility index (Phi) is 3.89. The predicted molar refractivity (Wildman–Crippen MR) is 65.7 cm³/mol. The van der Waals surface area contributed by atoms with Crippen molar-refractivity contribution in [2.24, 2.45) is 0 Å². The molecule has 0 spiro atoms. The highest BCUT2D eigenvalue weighted by Crippen LogP contribution is 2.43. The quantitative estimate of drug-likeness (QED) is 0.786. The van der Waals surface area contributed by atoms with Crippen LogP contribution in [0.3, 0.4) is 0 Å². The third-order valence-corrected chi connectivity index (χ3v) is 3.56. The molecule has 0 saturated carbocycles. The molecule has 0 amide bonds. The lowest BCUT2D eigenvalue weighted by molar-refractivity contribution is 0.145. The number of rotatable bonds is 2. The molecule has 1 aliphatic rings. The summed E-state index contributed by atoms with van der Waals surface area (Å²) in [6, 6.07) is 1.36. The zero-order valence-electron chi connectivity index (χ0n) is 9.76. The van der Waals surface area contributed by atoms with Gasteiger partial charge in [-0.25, -0.2) is 4.39 Å². The maximum Gasteiger partial charge on any atom is 0.165 e. The Balaban J connectivity index is 2.64. The highest BCUT2D eigenvalue weighted by molar-refractivity contribution is 9.09. The van der Waals surface area contributed by atoms with E-state index in [2.05, 4.69) is 15.9 Å². The molecule has 17 heavy (non-hydrogen) atoms. The van der Waals surface area contributed by atoms with Crippen LogP contribution in [-0.4, -0.2) is 27.4 Å². The first-order valence-electron chi connectivity index (χ1n) is 5.34. The van der Waals surface area contributed by atoms with E-state index in [-0.39, 0.29) is 10.6 Å². The SMILES string of the molecule is COc1cc(F)c2c(c1OC)C(Br)COCC2. The number of hydrogen-bond acceptors (Lipinski definition) is 3. The number of alkyl halides is 1. The Morgan fingerprint density at radius 1 is 1.41 bits per heavy atom. The highest BCUT2D eigenvalue weighted by atomic mass is 79.9. The predicted octanol–water partition coefficient (Wildman–Crippen LogP) is 2.85. The van der Waals surface area contributed by atoms with Crippen LogP contribution in [0.1, 0.15) is 16.0 Å². The second kappa shape index (κ2) is 5.23. The summed E-state index contributed by atoms with van der Waals surface area (Å²) < 4.78 is 29.9. The van der Waals surface area contributed by atoms with Crippen LogP contribution >= 0.6 is 15.9 Å². The first kappa shape index (κ1) is 12.6. The van der Waals surface area contributed by atoms with Crippen LogP contribution in [0.2, 0.25) is 0 Å². The van der Waals surface area contributed by atoms with Gasteiger partial charge in [0.05, 0.1) is 32.3 Å². The second-order valence-electron chi connectivity index (χ2n) is 3.78. The van der Waals surface area contributed by atoms with Gasteiger partial charge in [0, 0.05) is 11.6 Å². The standard InChI is InChI=1S/C12H14BrFO3/c1-15-10-5-9(14)7-3-4-17-6-8(13)11(7)12(10)16-2/h5,8H,3-4,6H2,1-2H3. The molecule has 94 valence electrons. The van der Waals surface area contributed by atoms with Gasteiger partial charge in [-0.15, -0.1) is 0 Å². The van der Waals surface area contributed by atoms with Gasteiger partial charge in [-0.05, 0) is 12.0 Å². The van der Waals surface area contributed by atoms with Crippen molar-refractivity contribution in [3.63, 3.8) is 0 Å². The molecule has 0 fully saturated rings. The molecule has 1 unspecified atom stereocenters. The average Bonchev–Trinajstić information content (AvgIpc) is 2.52. The van der Waals surface area contributed by atoms with Crippen LogP contribution in [0, 0.1) is 5.82 Å². The van der Waals surface area contributed by atoms with Gasteiger partial charge in [0.15, 0.2) is 11.5 Å². The summed E-state index contributed by atoms with van der Waals surface area (Å²) in [5.74, 6) is 0.721. The van der Waals surface area contributed by atoms with E-state index in [1.54, 1.807) is 7.11 Å². The zero-order chi connectivity index (χ0) is 12.4. The highest BCUT2D eigenvalue weighted by Gasteiger charge is 2.26. The lowest BCUT2D eigenvalue weighted by Crippen LogP contribution is -2.05. The molecule has 2 rings (SSSR count). The molecule has 1 aliphatic heterocycles. The summed E-state index contributed by atoms with van der Waals surface area (Å²) in [5, 5.41) is 0. The number of halogens is 2. The molecule has 5 heteroatoms. The Hall–Kier alpha value is -0.810. The van der Waals surface area contributed by atoms with Gasteiger partial charge in [-0.3, -0.25) is 0 Å². The van der Waals surface area contributed by atoms with Gasteiger partial charge >= 0.3 is 0 Å². The van der Waals surface area contributed by atoms with Crippen molar-refractivity contribution in [3.05, 3.63) is 23.0 Å². The average molecular weight is 305 g/mol. The van der Waals surface area contributed by atoms with Gasteiger partial charge < -0.3 is 14.2 Å². The molecular formula is C12H14BrFO3. The van der Waals surface area contributed by atoms with Crippen molar-refractivity contribution in [1.82, 2.24) is 0 Å². The lowest BCUT2D eigenvalue weighted by atomic mass is 10.0. The van der Waals surface area contributed by atoms with Crippen LogP contribution < -0.4 is 9.47 Å². The van der Waals surface area contributed by atoms with E-state index in [0.29, 0.717) is 36.7 Å². The first-order valence-corrected chi connectivity index (χ1v) is 6.25. The second-order valence-corrected chi connectivity index (χ2v) is 4.88. The number of fused-ring (bicyclic) bond motifs is 1. The van der Waals surface area contributed by atoms with Gasteiger partial charge in [-0.1, -0.05) is 15.9 Å². The summed E-state index contributed by atoms with van der Waals surface area (Å²) in [6.45, 7) is 1.01. The summed E-state index contributed by atoms with van der Waals surface area (Å²) in [6.07, 6.45) is 0.545. The summed E-state index contributed by atoms with van der Waals surface area (Å²) in [4.78, 5) is -0.0838. The van der Waals surface area contributed by atoms with Crippen molar-refractivity contribution in [3.8, 4) is 11.5 Å². The minimum absolute atomic E-state index is 0.0838. The maximum absolute atomic E-state index is 14.0. The largest absolute Gasteiger partial charge is 0.493 e. The van der Waals surface area contributed by atoms with Gasteiger partial charge in [0.25, 0.3) is 0 Å². The topological polar surface area (TPSA) is 27.7 Å². The van der Waals surface area contributed by atoms with Crippen molar-refractivity contribution in [2.45, 2.75) is 11.2 Å². The first-order chi connectivity index (χ1) is 8.19. The van der Waals surface area contributed by atoms with Crippen molar-refractivity contribution in [1.29, 1.82) is 0 Å². The molecule has 1 aromatic carbocycles. The Bertz CT molecular complexity index is 423. The molecule has 1 atom stereocenters. The number of benzene rings is 1. The Morgan fingerprint density at radius 2 is 2.18 bits per heavy atom. The van der Waals surface area contributed by atoms with Crippen LogP contribution in [0.4, 0.5) is 4.39 Å². The molecule has 3 nitrogen and oxygen atoms in total. The van der Waals surface area contributed by atoms with Gasteiger partial charge in [0.1, 0.15) is 5.82 Å². The monoisotopic (exact) mass is 304 g/mol. The smallest absolute Gasteiger partial charge is 0.165 e.